The molecule has 0 bridgehead atoms. The molecule has 0 saturated carbocycles. The molecule has 0 unspecified atom stereocenters. The van der Waals surface area contributed by atoms with Crippen molar-refractivity contribution in [2.75, 3.05) is 18.5 Å². The zero-order valence-electron chi connectivity index (χ0n) is 16.2. The molecule has 31 heavy (non-hydrogen) atoms. The average Bonchev–Trinajstić information content (AvgIpc) is 3.30. The van der Waals surface area contributed by atoms with Crippen LogP contribution in [0.25, 0.3) is 22.8 Å². The molecule has 8 heteroatoms. The molecule has 0 saturated heterocycles. The third-order valence-electron chi connectivity index (χ3n) is 4.68. The van der Waals surface area contributed by atoms with Gasteiger partial charge in [-0.05, 0) is 42.5 Å². The summed E-state index contributed by atoms with van der Waals surface area (Å²) in [6, 6.07) is 18.0. The summed E-state index contributed by atoms with van der Waals surface area (Å²) >= 11 is 0. The van der Waals surface area contributed by atoms with Gasteiger partial charge in [0.2, 0.25) is 5.82 Å². The molecule has 5 rings (SSSR count). The van der Waals surface area contributed by atoms with Gasteiger partial charge in [0.15, 0.2) is 11.5 Å². The minimum atomic E-state index is -0.387. The molecule has 2 heterocycles. The van der Waals surface area contributed by atoms with E-state index in [0.29, 0.717) is 47.1 Å². The Balaban J connectivity index is 1.36. The summed E-state index contributed by atoms with van der Waals surface area (Å²) in [6.07, 6.45) is 0. The summed E-state index contributed by atoms with van der Waals surface area (Å²) in [7, 11) is 0. The maximum absolute atomic E-state index is 13.5. The number of benzene rings is 3. The molecule has 0 spiro atoms. The third-order valence-corrected chi connectivity index (χ3v) is 4.68. The van der Waals surface area contributed by atoms with Crippen LogP contribution in [0.15, 0.2) is 71.3 Å². The molecular weight excluding hydrogens is 401 g/mol. The lowest BCUT2D eigenvalue weighted by atomic mass is 10.1. The van der Waals surface area contributed by atoms with E-state index in [1.165, 1.54) is 12.1 Å². The molecule has 0 radical (unpaired) electrons. The van der Waals surface area contributed by atoms with Crippen LogP contribution in [0.4, 0.5) is 10.1 Å². The van der Waals surface area contributed by atoms with Crippen LogP contribution in [0, 0.1) is 5.82 Å². The number of carbonyl (C=O) groups is 1. The summed E-state index contributed by atoms with van der Waals surface area (Å²) < 4.78 is 29.8. The summed E-state index contributed by atoms with van der Waals surface area (Å²) in [5, 5.41) is 6.75. The number of aromatic nitrogens is 2. The zero-order valence-corrected chi connectivity index (χ0v) is 16.2. The number of amides is 1. The van der Waals surface area contributed by atoms with Crippen molar-refractivity contribution in [2.24, 2.45) is 0 Å². The highest BCUT2D eigenvalue weighted by molar-refractivity contribution is 6.05. The Kier molecular flexibility index (Phi) is 4.80. The molecule has 7 nitrogen and oxygen atoms in total. The molecule has 1 aliphatic heterocycles. The molecule has 0 fully saturated rings. The van der Waals surface area contributed by atoms with Crippen LogP contribution in [-0.4, -0.2) is 29.3 Å². The summed E-state index contributed by atoms with van der Waals surface area (Å²) in [6.45, 7) is 0.969. The molecule has 1 amide bonds. The van der Waals surface area contributed by atoms with Gasteiger partial charge in [0.05, 0.1) is 0 Å². The first-order chi connectivity index (χ1) is 15.2. The minimum Gasteiger partial charge on any atom is -0.486 e. The first-order valence-corrected chi connectivity index (χ1v) is 9.57. The predicted octanol–water partition coefficient (Wildman–Crippen LogP) is 4.57. The highest BCUT2D eigenvalue weighted by Crippen LogP contribution is 2.33. The van der Waals surface area contributed by atoms with Crippen molar-refractivity contribution in [2.45, 2.75) is 0 Å². The van der Waals surface area contributed by atoms with E-state index >= 15 is 0 Å². The van der Waals surface area contributed by atoms with E-state index in [1.54, 1.807) is 54.6 Å². The molecule has 1 N–H and O–H groups in total. The van der Waals surface area contributed by atoms with Crippen molar-refractivity contribution in [1.82, 2.24) is 10.1 Å². The van der Waals surface area contributed by atoms with E-state index in [1.807, 2.05) is 0 Å². The highest BCUT2D eigenvalue weighted by Gasteiger charge is 2.16. The maximum Gasteiger partial charge on any atom is 0.258 e. The number of carbonyl (C=O) groups excluding carboxylic acids is 1. The van der Waals surface area contributed by atoms with Gasteiger partial charge in [0.1, 0.15) is 19.0 Å². The van der Waals surface area contributed by atoms with Gasteiger partial charge < -0.3 is 19.3 Å². The lowest BCUT2D eigenvalue weighted by Gasteiger charge is -2.19. The van der Waals surface area contributed by atoms with Gasteiger partial charge in [-0.2, -0.15) is 4.98 Å². The van der Waals surface area contributed by atoms with Gasteiger partial charge in [-0.15, -0.1) is 0 Å². The van der Waals surface area contributed by atoms with Gasteiger partial charge in [-0.3, -0.25) is 4.79 Å². The number of nitrogens with one attached hydrogen (secondary N) is 1. The predicted molar refractivity (Wildman–Crippen MR) is 111 cm³/mol. The van der Waals surface area contributed by atoms with Gasteiger partial charge >= 0.3 is 0 Å². The Morgan fingerprint density at radius 2 is 1.71 bits per heavy atom. The van der Waals surface area contributed by atoms with Crippen LogP contribution in [-0.2, 0) is 0 Å². The van der Waals surface area contributed by atoms with E-state index in [2.05, 4.69) is 15.5 Å². The largest absolute Gasteiger partial charge is 0.486 e. The molecule has 1 aliphatic rings. The van der Waals surface area contributed by atoms with Crippen LogP contribution < -0.4 is 14.8 Å². The summed E-state index contributed by atoms with van der Waals surface area (Å²) in [5.74, 6) is 1.05. The van der Waals surface area contributed by atoms with Crippen LogP contribution in [0.5, 0.6) is 11.5 Å². The Labute approximate surface area is 176 Å². The van der Waals surface area contributed by atoms with Crippen molar-refractivity contribution in [3.05, 3.63) is 78.1 Å². The van der Waals surface area contributed by atoms with Gasteiger partial charge in [-0.25, -0.2) is 4.39 Å². The second kappa shape index (κ2) is 7.91. The van der Waals surface area contributed by atoms with Crippen molar-refractivity contribution in [1.29, 1.82) is 0 Å². The van der Waals surface area contributed by atoms with Crippen molar-refractivity contribution in [3.8, 4) is 34.3 Å². The summed E-state index contributed by atoms with van der Waals surface area (Å²) in [4.78, 5) is 17.1. The number of ether oxygens (including phenoxy) is 2. The number of anilines is 1. The monoisotopic (exact) mass is 417 g/mol. The lowest BCUT2D eigenvalue weighted by molar-refractivity contribution is 0.102. The van der Waals surface area contributed by atoms with Crippen molar-refractivity contribution < 1.29 is 23.2 Å². The van der Waals surface area contributed by atoms with E-state index in [9.17, 15) is 9.18 Å². The normalized spacial score (nSPS) is 12.4. The topological polar surface area (TPSA) is 86.5 Å². The van der Waals surface area contributed by atoms with Crippen LogP contribution in [0.1, 0.15) is 10.4 Å². The number of hydrogen-bond acceptors (Lipinski definition) is 6. The molecule has 1 aromatic heterocycles. The Morgan fingerprint density at radius 1 is 0.903 bits per heavy atom. The fourth-order valence-electron chi connectivity index (χ4n) is 3.20. The fourth-order valence-corrected chi connectivity index (χ4v) is 3.20. The zero-order chi connectivity index (χ0) is 21.2. The standard InChI is InChI=1S/C23H16FN3O4/c24-17-6-2-3-14(12-17)21-26-23(31-27-21)16-5-1-4-15(11-16)22(28)25-18-7-8-19-20(13-18)30-10-9-29-19/h1-8,11-13H,9-10H2,(H,25,28). The van der Waals surface area contributed by atoms with Gasteiger partial charge in [0.25, 0.3) is 11.8 Å². The minimum absolute atomic E-state index is 0.230. The number of fused-ring (bicyclic) bond motifs is 1. The van der Waals surface area contributed by atoms with E-state index < -0.39 is 0 Å². The molecule has 3 aromatic carbocycles. The second-order valence-electron chi connectivity index (χ2n) is 6.83. The Morgan fingerprint density at radius 3 is 2.58 bits per heavy atom. The Hall–Kier alpha value is -4.20. The van der Waals surface area contributed by atoms with Crippen molar-refractivity contribution >= 4 is 11.6 Å². The quantitative estimate of drug-likeness (QED) is 0.524. The van der Waals surface area contributed by atoms with Crippen molar-refractivity contribution in [3.63, 3.8) is 0 Å². The van der Waals surface area contributed by atoms with Crippen LogP contribution in [0.3, 0.4) is 0 Å². The van der Waals surface area contributed by atoms with Crippen LogP contribution >= 0.6 is 0 Å². The Bertz CT molecular complexity index is 1270. The average molecular weight is 417 g/mol. The summed E-state index contributed by atoms with van der Waals surface area (Å²) in [5.41, 5.74) is 2.08. The number of halogens is 1. The van der Waals surface area contributed by atoms with Gasteiger partial charge in [0, 0.05) is 28.4 Å². The number of hydrogen-bond donors (Lipinski definition) is 1. The lowest BCUT2D eigenvalue weighted by Crippen LogP contribution is -2.16. The SMILES string of the molecule is O=C(Nc1ccc2c(c1)OCCO2)c1cccc(-c2nc(-c3cccc(F)c3)no2)c1. The maximum atomic E-state index is 13.5. The first-order valence-electron chi connectivity index (χ1n) is 9.57. The molecular formula is C23H16FN3O4. The molecule has 0 aliphatic carbocycles. The highest BCUT2D eigenvalue weighted by atomic mass is 19.1. The van der Waals surface area contributed by atoms with E-state index in [-0.39, 0.29) is 23.4 Å². The van der Waals surface area contributed by atoms with Gasteiger partial charge in [-0.1, -0.05) is 23.4 Å². The fraction of sp³-hybridized carbons (Fsp3) is 0.0870. The molecule has 154 valence electrons. The molecule has 4 aromatic rings. The first kappa shape index (κ1) is 18.8. The van der Waals surface area contributed by atoms with Crippen LogP contribution in [0.2, 0.25) is 0 Å². The van der Waals surface area contributed by atoms with E-state index in [0.717, 1.165) is 0 Å². The number of nitrogens with zero attached hydrogens (tertiary/aromatic N) is 2. The second-order valence-corrected chi connectivity index (χ2v) is 6.83. The smallest absolute Gasteiger partial charge is 0.258 e. The number of rotatable bonds is 4. The molecule has 0 atom stereocenters. The van der Waals surface area contributed by atoms with E-state index in [4.69, 9.17) is 14.0 Å². The third kappa shape index (κ3) is 3.95.